The minimum atomic E-state index is -4.38. The first-order valence-electron chi connectivity index (χ1n) is 5.85. The van der Waals surface area contributed by atoms with Gasteiger partial charge < -0.3 is 4.18 Å². The third-order valence-electron chi connectivity index (χ3n) is 2.69. The van der Waals surface area contributed by atoms with Crippen molar-refractivity contribution in [2.75, 3.05) is 0 Å². The minimum Gasteiger partial charge on any atom is -0.372 e. The van der Waals surface area contributed by atoms with Crippen LogP contribution in [0.4, 0.5) is 10.1 Å². The molecule has 0 aliphatic carbocycles. The highest BCUT2D eigenvalue weighted by atomic mass is 35.5. The number of aryl methyl sites for hydroxylation is 1. The molecule has 116 valence electrons. The maximum absolute atomic E-state index is 13.1. The van der Waals surface area contributed by atoms with Gasteiger partial charge >= 0.3 is 15.8 Å². The Bertz CT molecular complexity index is 854. The van der Waals surface area contributed by atoms with Crippen molar-refractivity contribution in [1.82, 2.24) is 0 Å². The molecule has 0 spiro atoms. The Labute approximate surface area is 130 Å². The van der Waals surface area contributed by atoms with E-state index in [0.29, 0.717) is 5.56 Å². The fourth-order valence-corrected chi connectivity index (χ4v) is 2.85. The zero-order valence-electron chi connectivity index (χ0n) is 11.1. The van der Waals surface area contributed by atoms with E-state index in [1.54, 1.807) is 6.92 Å². The van der Waals surface area contributed by atoms with Gasteiger partial charge in [-0.2, -0.15) is 8.42 Å². The maximum atomic E-state index is 13.1. The second kappa shape index (κ2) is 5.90. The van der Waals surface area contributed by atoms with E-state index in [2.05, 4.69) is 0 Å². The lowest BCUT2D eigenvalue weighted by molar-refractivity contribution is -0.385. The average molecular weight is 346 g/mol. The van der Waals surface area contributed by atoms with Gasteiger partial charge in [0.1, 0.15) is 10.7 Å². The molecule has 0 aliphatic rings. The molecular weight excluding hydrogens is 337 g/mol. The molecule has 0 atom stereocenters. The van der Waals surface area contributed by atoms with E-state index in [-0.39, 0.29) is 0 Å². The van der Waals surface area contributed by atoms with E-state index in [4.69, 9.17) is 15.8 Å². The first-order chi connectivity index (χ1) is 10.2. The first-order valence-corrected chi connectivity index (χ1v) is 7.64. The van der Waals surface area contributed by atoms with Crippen LogP contribution in [-0.4, -0.2) is 13.3 Å². The number of benzene rings is 2. The van der Waals surface area contributed by atoms with Crippen molar-refractivity contribution in [2.45, 2.75) is 11.8 Å². The number of hydrogen-bond acceptors (Lipinski definition) is 5. The standard InChI is InChI=1S/C13H9ClFNO5S/c1-8-2-5-13(12(6-8)16(17)18)21-22(19,20)9-3-4-11(15)10(14)7-9/h2-7H,1H3. The Morgan fingerprint density at radius 3 is 2.50 bits per heavy atom. The van der Waals surface area contributed by atoms with Gasteiger partial charge in [0.25, 0.3) is 0 Å². The molecule has 2 aromatic carbocycles. The molecule has 0 N–H and O–H groups in total. The topological polar surface area (TPSA) is 86.5 Å². The van der Waals surface area contributed by atoms with Crippen molar-refractivity contribution in [3.8, 4) is 5.75 Å². The van der Waals surface area contributed by atoms with E-state index in [9.17, 15) is 22.9 Å². The summed E-state index contributed by atoms with van der Waals surface area (Å²) < 4.78 is 42.0. The summed E-state index contributed by atoms with van der Waals surface area (Å²) in [5, 5.41) is 10.6. The third kappa shape index (κ3) is 3.34. The molecule has 6 nitrogen and oxygen atoms in total. The van der Waals surface area contributed by atoms with Crippen molar-refractivity contribution in [3.63, 3.8) is 0 Å². The van der Waals surface area contributed by atoms with Crippen molar-refractivity contribution in [2.24, 2.45) is 0 Å². The van der Waals surface area contributed by atoms with Gasteiger partial charge in [-0.1, -0.05) is 17.7 Å². The molecule has 0 fully saturated rings. The zero-order valence-corrected chi connectivity index (χ0v) is 12.7. The highest BCUT2D eigenvalue weighted by Gasteiger charge is 2.24. The van der Waals surface area contributed by atoms with Crippen LogP contribution in [-0.2, 0) is 10.1 Å². The lowest BCUT2D eigenvalue weighted by Gasteiger charge is -2.08. The van der Waals surface area contributed by atoms with Crippen molar-refractivity contribution < 1.29 is 21.9 Å². The molecule has 0 heterocycles. The number of nitro groups is 1. The van der Waals surface area contributed by atoms with Crippen LogP contribution in [0, 0.1) is 22.9 Å². The lowest BCUT2D eigenvalue weighted by Crippen LogP contribution is -2.11. The predicted octanol–water partition coefficient (Wildman–Crippen LogP) is 3.46. The Hall–Kier alpha value is -2.19. The quantitative estimate of drug-likeness (QED) is 0.481. The molecule has 2 rings (SSSR count). The molecule has 22 heavy (non-hydrogen) atoms. The van der Waals surface area contributed by atoms with Gasteiger partial charge in [-0.3, -0.25) is 10.1 Å². The van der Waals surface area contributed by atoms with E-state index >= 15 is 0 Å². The highest BCUT2D eigenvalue weighted by molar-refractivity contribution is 7.87. The van der Waals surface area contributed by atoms with Crippen LogP contribution in [0.15, 0.2) is 41.3 Å². The Morgan fingerprint density at radius 1 is 1.23 bits per heavy atom. The zero-order chi connectivity index (χ0) is 16.5. The second-order valence-electron chi connectivity index (χ2n) is 4.34. The summed E-state index contributed by atoms with van der Waals surface area (Å²) in [6, 6.07) is 6.51. The molecule has 0 bridgehead atoms. The van der Waals surface area contributed by atoms with Crippen molar-refractivity contribution in [1.29, 1.82) is 0 Å². The first kappa shape index (κ1) is 16.2. The van der Waals surface area contributed by atoms with Crippen molar-refractivity contribution >= 4 is 27.4 Å². The maximum Gasteiger partial charge on any atom is 0.339 e. The Balaban J connectivity index is 2.45. The Morgan fingerprint density at radius 2 is 1.91 bits per heavy atom. The number of hydrogen-bond donors (Lipinski definition) is 0. The van der Waals surface area contributed by atoms with Gasteiger partial charge in [-0.05, 0) is 36.8 Å². The van der Waals surface area contributed by atoms with Crippen LogP contribution >= 0.6 is 11.6 Å². The molecule has 0 amide bonds. The van der Waals surface area contributed by atoms with Gasteiger partial charge in [0, 0.05) is 6.07 Å². The minimum absolute atomic E-state index is 0.400. The molecule has 2 aromatic rings. The number of rotatable bonds is 4. The molecule has 9 heteroatoms. The molecule has 0 saturated carbocycles. The summed E-state index contributed by atoms with van der Waals surface area (Å²) in [7, 11) is -4.38. The molecular formula is C13H9ClFNO5S. The van der Waals surface area contributed by atoms with Gasteiger partial charge in [0.15, 0.2) is 0 Å². The summed E-state index contributed by atoms with van der Waals surface area (Å²) in [6.07, 6.45) is 0. The summed E-state index contributed by atoms with van der Waals surface area (Å²) in [4.78, 5) is 9.79. The molecule has 0 aliphatic heterocycles. The van der Waals surface area contributed by atoms with Crippen LogP contribution in [0.2, 0.25) is 5.02 Å². The fraction of sp³-hybridized carbons (Fsp3) is 0.0769. The van der Waals surface area contributed by atoms with E-state index in [1.165, 1.54) is 18.2 Å². The Kier molecular flexibility index (Phi) is 4.34. The average Bonchev–Trinajstić information content (AvgIpc) is 2.43. The highest BCUT2D eigenvalue weighted by Crippen LogP contribution is 2.31. The molecule has 0 saturated heterocycles. The van der Waals surface area contributed by atoms with Crippen LogP contribution in [0.25, 0.3) is 0 Å². The molecule has 0 unspecified atom stereocenters. The van der Waals surface area contributed by atoms with E-state index < -0.39 is 42.2 Å². The summed E-state index contributed by atoms with van der Waals surface area (Å²) in [6.45, 7) is 1.62. The lowest BCUT2D eigenvalue weighted by atomic mass is 10.2. The van der Waals surface area contributed by atoms with Crippen LogP contribution in [0.3, 0.4) is 0 Å². The number of halogens is 2. The predicted molar refractivity (Wildman–Crippen MR) is 77.1 cm³/mol. The number of nitro benzene ring substituents is 1. The molecule has 0 radical (unpaired) electrons. The summed E-state index contributed by atoms with van der Waals surface area (Å²) >= 11 is 5.52. The van der Waals surface area contributed by atoms with Crippen LogP contribution < -0.4 is 4.18 Å². The monoisotopic (exact) mass is 345 g/mol. The van der Waals surface area contributed by atoms with Gasteiger partial charge in [-0.15, -0.1) is 0 Å². The summed E-state index contributed by atoms with van der Waals surface area (Å²) in [5.41, 5.74) is 0.0815. The molecule has 0 aromatic heterocycles. The van der Waals surface area contributed by atoms with Gasteiger partial charge in [0.05, 0.1) is 9.95 Å². The van der Waals surface area contributed by atoms with Crippen LogP contribution in [0.5, 0.6) is 5.75 Å². The largest absolute Gasteiger partial charge is 0.372 e. The van der Waals surface area contributed by atoms with E-state index in [1.807, 2.05) is 0 Å². The number of nitrogens with zero attached hydrogens (tertiary/aromatic N) is 1. The van der Waals surface area contributed by atoms with E-state index in [0.717, 1.165) is 18.2 Å². The normalized spacial score (nSPS) is 11.2. The second-order valence-corrected chi connectivity index (χ2v) is 6.30. The van der Waals surface area contributed by atoms with Gasteiger partial charge in [-0.25, -0.2) is 4.39 Å². The van der Waals surface area contributed by atoms with Gasteiger partial charge in [0.2, 0.25) is 5.75 Å². The van der Waals surface area contributed by atoms with Crippen LogP contribution in [0.1, 0.15) is 5.56 Å². The third-order valence-corrected chi connectivity index (χ3v) is 4.21. The fourth-order valence-electron chi connectivity index (χ4n) is 1.64. The SMILES string of the molecule is Cc1ccc(OS(=O)(=O)c2ccc(F)c(Cl)c2)c([N+](=O)[O-])c1. The smallest absolute Gasteiger partial charge is 0.339 e. The van der Waals surface area contributed by atoms with Crippen molar-refractivity contribution in [3.05, 3.63) is 62.9 Å². The summed E-state index contributed by atoms with van der Waals surface area (Å²) in [5.74, 6) is -1.22.